The van der Waals surface area contributed by atoms with Gasteiger partial charge in [0.25, 0.3) is 0 Å². The van der Waals surface area contributed by atoms with Crippen LogP contribution in [0.3, 0.4) is 0 Å². The Morgan fingerprint density at radius 2 is 2.00 bits per heavy atom. The van der Waals surface area contributed by atoms with Crippen LogP contribution >= 0.6 is 0 Å². The first kappa shape index (κ1) is 9.67. The van der Waals surface area contributed by atoms with Crippen LogP contribution < -0.4 is 0 Å². The zero-order chi connectivity index (χ0) is 11.0. The van der Waals surface area contributed by atoms with Crippen LogP contribution in [0, 0.1) is 0 Å². The number of fused-ring (bicyclic) bond motifs is 1. The summed E-state index contributed by atoms with van der Waals surface area (Å²) in [6, 6.07) is 10.7. The molecule has 0 aliphatic carbocycles. The van der Waals surface area contributed by atoms with E-state index >= 15 is 0 Å². The Balaban J connectivity index is 2.06. The fourth-order valence-corrected chi connectivity index (χ4v) is 2.31. The van der Waals surface area contributed by atoms with Gasteiger partial charge in [-0.2, -0.15) is 0 Å². The quantitative estimate of drug-likeness (QED) is 0.705. The minimum atomic E-state index is 1.06. The lowest BCUT2D eigenvalue weighted by Crippen LogP contribution is -2.24. The Kier molecular flexibility index (Phi) is 2.29. The van der Waals surface area contributed by atoms with Gasteiger partial charge in [-0.3, -0.25) is 0 Å². The average molecular weight is 212 g/mol. The second kappa shape index (κ2) is 3.80. The van der Waals surface area contributed by atoms with E-state index in [1.165, 1.54) is 16.6 Å². The van der Waals surface area contributed by atoms with Gasteiger partial charge < -0.3 is 9.47 Å². The molecule has 82 valence electrons. The van der Waals surface area contributed by atoms with Gasteiger partial charge in [-0.25, -0.2) is 0 Å². The summed E-state index contributed by atoms with van der Waals surface area (Å²) >= 11 is 0. The predicted octanol–water partition coefficient (Wildman–Crippen LogP) is 2.82. The summed E-state index contributed by atoms with van der Waals surface area (Å²) in [6.45, 7) is 2.21. The molecule has 0 fully saturated rings. The van der Waals surface area contributed by atoms with Crippen molar-refractivity contribution < 1.29 is 0 Å². The van der Waals surface area contributed by atoms with Crippen LogP contribution in [-0.2, 0) is 0 Å². The first-order valence-electron chi connectivity index (χ1n) is 5.78. The smallest absolute Gasteiger partial charge is 0.0525 e. The second-order valence-corrected chi connectivity index (χ2v) is 4.45. The Labute approximate surface area is 95.8 Å². The molecule has 2 aromatic rings. The molecule has 2 heteroatoms. The normalized spacial score (nSPS) is 17.7. The van der Waals surface area contributed by atoms with Crippen LogP contribution in [0.5, 0.6) is 0 Å². The summed E-state index contributed by atoms with van der Waals surface area (Å²) in [7, 11) is 2.17. The molecular formula is C14H16N2. The van der Waals surface area contributed by atoms with Crippen LogP contribution in [0.25, 0.3) is 16.6 Å². The van der Waals surface area contributed by atoms with Gasteiger partial charge in [0.1, 0.15) is 0 Å². The van der Waals surface area contributed by atoms with Gasteiger partial charge in [0, 0.05) is 31.4 Å². The summed E-state index contributed by atoms with van der Waals surface area (Å²) in [5, 5.41) is 1.32. The SMILES string of the molecule is CN1CC=C(n2ccc3ccccc32)CC1. The molecule has 2 nitrogen and oxygen atoms in total. The molecule has 1 aromatic carbocycles. The van der Waals surface area contributed by atoms with Crippen LogP contribution in [-0.4, -0.2) is 29.6 Å². The van der Waals surface area contributed by atoms with Gasteiger partial charge in [-0.05, 0) is 24.6 Å². The number of para-hydroxylation sites is 1. The molecule has 1 aromatic heterocycles. The standard InChI is InChI=1S/C14H16N2/c1-15-9-7-13(8-10-15)16-11-6-12-4-2-3-5-14(12)16/h2-7,11H,8-10H2,1H3. The Bertz CT molecular complexity index is 536. The number of hydrogen-bond acceptors (Lipinski definition) is 1. The first-order valence-corrected chi connectivity index (χ1v) is 5.78. The van der Waals surface area contributed by atoms with Crippen LogP contribution in [0.2, 0.25) is 0 Å². The summed E-state index contributed by atoms with van der Waals surface area (Å²) in [4.78, 5) is 2.34. The molecule has 0 N–H and O–H groups in total. The van der Waals surface area contributed by atoms with Gasteiger partial charge >= 0.3 is 0 Å². The van der Waals surface area contributed by atoms with Crippen LogP contribution in [0.15, 0.2) is 42.6 Å². The van der Waals surface area contributed by atoms with Gasteiger partial charge in [0.15, 0.2) is 0 Å². The third kappa shape index (κ3) is 1.55. The van der Waals surface area contributed by atoms with Crippen LogP contribution in [0.4, 0.5) is 0 Å². The van der Waals surface area contributed by atoms with E-state index in [0.29, 0.717) is 0 Å². The molecule has 16 heavy (non-hydrogen) atoms. The van der Waals surface area contributed by atoms with Gasteiger partial charge in [0.05, 0.1) is 5.52 Å². The van der Waals surface area contributed by atoms with Crippen molar-refractivity contribution in [1.82, 2.24) is 9.47 Å². The third-order valence-electron chi connectivity index (χ3n) is 3.30. The van der Waals surface area contributed by atoms with E-state index in [9.17, 15) is 0 Å². The van der Waals surface area contributed by atoms with Crippen molar-refractivity contribution in [2.75, 3.05) is 20.1 Å². The van der Waals surface area contributed by atoms with Crippen molar-refractivity contribution in [3.63, 3.8) is 0 Å². The van der Waals surface area contributed by atoms with Crippen molar-refractivity contribution in [1.29, 1.82) is 0 Å². The largest absolute Gasteiger partial charge is 0.321 e. The number of rotatable bonds is 1. The Morgan fingerprint density at radius 1 is 1.12 bits per heavy atom. The highest BCUT2D eigenvalue weighted by atomic mass is 15.1. The monoisotopic (exact) mass is 212 g/mol. The maximum atomic E-state index is 2.34. The van der Waals surface area contributed by atoms with Crippen molar-refractivity contribution in [2.24, 2.45) is 0 Å². The van der Waals surface area contributed by atoms with E-state index in [0.717, 1.165) is 19.5 Å². The predicted molar refractivity (Wildman–Crippen MR) is 68.3 cm³/mol. The third-order valence-corrected chi connectivity index (χ3v) is 3.30. The van der Waals surface area contributed by atoms with Crippen molar-refractivity contribution >= 4 is 16.6 Å². The topological polar surface area (TPSA) is 8.17 Å². The molecule has 0 saturated heterocycles. The van der Waals surface area contributed by atoms with Gasteiger partial charge in [-0.15, -0.1) is 0 Å². The molecule has 0 bridgehead atoms. The molecule has 1 aliphatic rings. The molecule has 0 amide bonds. The Hall–Kier alpha value is -1.54. The number of aromatic nitrogens is 1. The molecule has 0 radical (unpaired) electrons. The summed E-state index contributed by atoms with van der Waals surface area (Å²) in [5.41, 5.74) is 2.75. The first-order chi connectivity index (χ1) is 7.84. The van der Waals surface area contributed by atoms with E-state index in [1.807, 2.05) is 0 Å². The highest BCUT2D eigenvalue weighted by molar-refractivity contribution is 5.83. The van der Waals surface area contributed by atoms with E-state index in [-0.39, 0.29) is 0 Å². The number of nitrogens with zero attached hydrogens (tertiary/aromatic N) is 2. The number of benzene rings is 1. The van der Waals surface area contributed by atoms with Crippen molar-refractivity contribution in [3.8, 4) is 0 Å². The molecule has 2 heterocycles. The lowest BCUT2D eigenvalue weighted by Gasteiger charge is -2.23. The molecule has 0 atom stereocenters. The molecular weight excluding hydrogens is 196 g/mol. The minimum Gasteiger partial charge on any atom is -0.321 e. The fourth-order valence-electron chi connectivity index (χ4n) is 2.31. The van der Waals surface area contributed by atoms with Gasteiger partial charge in [-0.1, -0.05) is 24.3 Å². The molecule has 1 aliphatic heterocycles. The van der Waals surface area contributed by atoms with Crippen molar-refractivity contribution in [2.45, 2.75) is 6.42 Å². The van der Waals surface area contributed by atoms with E-state index in [2.05, 4.69) is 59.1 Å². The maximum Gasteiger partial charge on any atom is 0.0525 e. The van der Waals surface area contributed by atoms with E-state index < -0.39 is 0 Å². The Morgan fingerprint density at radius 3 is 2.81 bits per heavy atom. The fraction of sp³-hybridized carbons (Fsp3) is 0.286. The summed E-state index contributed by atoms with van der Waals surface area (Å²) in [5.74, 6) is 0. The maximum absolute atomic E-state index is 2.34. The molecule has 0 unspecified atom stereocenters. The number of hydrogen-bond donors (Lipinski definition) is 0. The lowest BCUT2D eigenvalue weighted by atomic mass is 10.2. The zero-order valence-corrected chi connectivity index (χ0v) is 9.56. The zero-order valence-electron chi connectivity index (χ0n) is 9.56. The van der Waals surface area contributed by atoms with Crippen molar-refractivity contribution in [3.05, 3.63) is 42.6 Å². The van der Waals surface area contributed by atoms with Gasteiger partial charge in [0.2, 0.25) is 0 Å². The molecule has 3 rings (SSSR count). The lowest BCUT2D eigenvalue weighted by molar-refractivity contribution is 0.367. The minimum absolute atomic E-state index is 1.06. The summed E-state index contributed by atoms with van der Waals surface area (Å²) < 4.78 is 2.32. The highest BCUT2D eigenvalue weighted by Gasteiger charge is 2.10. The molecule has 0 spiro atoms. The second-order valence-electron chi connectivity index (χ2n) is 4.45. The average Bonchev–Trinajstić information content (AvgIpc) is 2.74. The van der Waals surface area contributed by atoms with E-state index in [1.54, 1.807) is 0 Å². The highest BCUT2D eigenvalue weighted by Crippen LogP contribution is 2.23. The van der Waals surface area contributed by atoms with Crippen LogP contribution in [0.1, 0.15) is 6.42 Å². The summed E-state index contributed by atoms with van der Waals surface area (Å²) in [6.07, 6.45) is 5.65. The molecule has 0 saturated carbocycles. The van der Waals surface area contributed by atoms with E-state index in [4.69, 9.17) is 0 Å². The number of likely N-dealkylation sites (N-methyl/N-ethyl adjacent to an activating group) is 1.